The number of hydrogen-bond acceptors (Lipinski definition) is 4. The third kappa shape index (κ3) is 4.05. The van der Waals surface area contributed by atoms with Gasteiger partial charge in [-0.15, -0.1) is 0 Å². The van der Waals surface area contributed by atoms with Crippen molar-refractivity contribution in [3.05, 3.63) is 59.9 Å². The minimum atomic E-state index is 0.0723. The number of ether oxygens (including phenoxy) is 1. The Labute approximate surface area is 120 Å². The van der Waals surface area contributed by atoms with E-state index in [2.05, 4.69) is 34.7 Å². The van der Waals surface area contributed by atoms with Crippen molar-refractivity contribution in [3.8, 4) is 5.75 Å². The van der Waals surface area contributed by atoms with E-state index in [-0.39, 0.29) is 6.04 Å². The van der Waals surface area contributed by atoms with E-state index in [1.807, 2.05) is 25.3 Å². The molecule has 1 unspecified atom stereocenters. The maximum Gasteiger partial charge on any atom is 0.137 e. The highest BCUT2D eigenvalue weighted by Gasteiger charge is 2.11. The van der Waals surface area contributed by atoms with Crippen LogP contribution in [0.5, 0.6) is 5.75 Å². The molecular weight excluding hydrogens is 250 g/mol. The van der Waals surface area contributed by atoms with Crippen LogP contribution in [0.1, 0.15) is 30.5 Å². The van der Waals surface area contributed by atoms with E-state index < -0.39 is 0 Å². The quantitative estimate of drug-likeness (QED) is 0.600. The molecule has 0 radical (unpaired) electrons. The van der Waals surface area contributed by atoms with Crippen LogP contribution in [0, 0.1) is 0 Å². The Kier molecular flexibility index (Phi) is 5.53. The number of nitrogens with one attached hydrogen (secondary N) is 1. The molecule has 1 atom stereocenters. The molecule has 0 saturated heterocycles. The number of aryl methyl sites for hydroxylation is 1. The van der Waals surface area contributed by atoms with Gasteiger partial charge in [0.2, 0.25) is 0 Å². The van der Waals surface area contributed by atoms with Gasteiger partial charge in [-0.3, -0.25) is 16.3 Å². The van der Waals surface area contributed by atoms with Crippen molar-refractivity contribution in [2.45, 2.75) is 25.8 Å². The minimum Gasteiger partial charge on any atom is -0.492 e. The zero-order chi connectivity index (χ0) is 14.2. The van der Waals surface area contributed by atoms with Crippen LogP contribution in [0.15, 0.2) is 48.8 Å². The first kappa shape index (κ1) is 14.5. The first-order valence-corrected chi connectivity index (χ1v) is 6.91. The van der Waals surface area contributed by atoms with Crippen molar-refractivity contribution >= 4 is 0 Å². The van der Waals surface area contributed by atoms with Crippen LogP contribution >= 0.6 is 0 Å². The van der Waals surface area contributed by atoms with Gasteiger partial charge in [0.1, 0.15) is 5.75 Å². The topological polar surface area (TPSA) is 60.2 Å². The standard InChI is InChI=1S/C16H21N3O/c1-2-20-15-10-14(11-18-12-15)16(19-17)9-8-13-6-4-3-5-7-13/h3-7,10-12,16,19H,2,8-9,17H2,1H3. The highest BCUT2D eigenvalue weighted by Crippen LogP contribution is 2.21. The SMILES string of the molecule is CCOc1cncc(C(CCc2ccccc2)NN)c1. The fourth-order valence-electron chi connectivity index (χ4n) is 2.17. The molecule has 1 heterocycles. The van der Waals surface area contributed by atoms with Gasteiger partial charge in [0.05, 0.1) is 12.8 Å². The Morgan fingerprint density at radius 3 is 2.75 bits per heavy atom. The van der Waals surface area contributed by atoms with E-state index in [0.717, 1.165) is 24.2 Å². The fraction of sp³-hybridized carbons (Fsp3) is 0.312. The maximum atomic E-state index is 5.67. The molecule has 0 aliphatic rings. The van der Waals surface area contributed by atoms with E-state index in [1.165, 1.54) is 5.56 Å². The van der Waals surface area contributed by atoms with Gasteiger partial charge in [-0.1, -0.05) is 30.3 Å². The average Bonchev–Trinajstić information content (AvgIpc) is 2.50. The highest BCUT2D eigenvalue weighted by atomic mass is 16.5. The number of rotatable bonds is 7. The van der Waals surface area contributed by atoms with Crippen molar-refractivity contribution < 1.29 is 4.74 Å². The molecule has 3 N–H and O–H groups in total. The largest absolute Gasteiger partial charge is 0.492 e. The fourth-order valence-corrected chi connectivity index (χ4v) is 2.17. The minimum absolute atomic E-state index is 0.0723. The van der Waals surface area contributed by atoms with Gasteiger partial charge in [-0.25, -0.2) is 0 Å². The molecule has 106 valence electrons. The number of hydrogen-bond donors (Lipinski definition) is 2. The summed E-state index contributed by atoms with van der Waals surface area (Å²) in [7, 11) is 0. The van der Waals surface area contributed by atoms with Crippen molar-refractivity contribution in [1.29, 1.82) is 0 Å². The van der Waals surface area contributed by atoms with Gasteiger partial charge in [0, 0.05) is 12.2 Å². The van der Waals surface area contributed by atoms with Crippen LogP contribution in [-0.2, 0) is 6.42 Å². The Hall–Kier alpha value is -1.91. The Bertz CT molecular complexity index is 516. The number of benzene rings is 1. The second-order valence-corrected chi connectivity index (χ2v) is 4.63. The second kappa shape index (κ2) is 7.62. The lowest BCUT2D eigenvalue weighted by atomic mass is 10.0. The van der Waals surface area contributed by atoms with Gasteiger partial charge < -0.3 is 4.74 Å². The Morgan fingerprint density at radius 1 is 1.25 bits per heavy atom. The van der Waals surface area contributed by atoms with E-state index in [9.17, 15) is 0 Å². The Balaban J connectivity index is 2.02. The summed E-state index contributed by atoms with van der Waals surface area (Å²) in [5.41, 5.74) is 5.22. The molecule has 1 aromatic carbocycles. The molecule has 20 heavy (non-hydrogen) atoms. The van der Waals surface area contributed by atoms with Crippen molar-refractivity contribution in [2.24, 2.45) is 5.84 Å². The number of pyridine rings is 1. The number of aromatic nitrogens is 1. The van der Waals surface area contributed by atoms with E-state index in [4.69, 9.17) is 10.6 Å². The van der Waals surface area contributed by atoms with Crippen molar-refractivity contribution in [3.63, 3.8) is 0 Å². The average molecular weight is 271 g/mol. The summed E-state index contributed by atoms with van der Waals surface area (Å²) in [6.07, 6.45) is 5.43. The third-order valence-electron chi connectivity index (χ3n) is 3.21. The lowest BCUT2D eigenvalue weighted by Crippen LogP contribution is -2.28. The smallest absolute Gasteiger partial charge is 0.137 e. The molecular formula is C16H21N3O. The highest BCUT2D eigenvalue weighted by molar-refractivity contribution is 5.26. The van der Waals surface area contributed by atoms with Crippen LogP contribution < -0.4 is 16.0 Å². The van der Waals surface area contributed by atoms with Crippen LogP contribution in [0.4, 0.5) is 0 Å². The maximum absolute atomic E-state index is 5.67. The van der Waals surface area contributed by atoms with Crippen LogP contribution in [0.2, 0.25) is 0 Å². The zero-order valence-corrected chi connectivity index (χ0v) is 11.8. The molecule has 0 bridgehead atoms. The molecule has 0 aliphatic carbocycles. The predicted molar refractivity (Wildman–Crippen MR) is 80.2 cm³/mol. The molecule has 0 amide bonds. The van der Waals surface area contributed by atoms with Crippen LogP contribution in [0.3, 0.4) is 0 Å². The van der Waals surface area contributed by atoms with Gasteiger partial charge in [-0.2, -0.15) is 0 Å². The van der Waals surface area contributed by atoms with Crippen LogP contribution in [-0.4, -0.2) is 11.6 Å². The summed E-state index contributed by atoms with van der Waals surface area (Å²) >= 11 is 0. The summed E-state index contributed by atoms with van der Waals surface area (Å²) in [4.78, 5) is 4.21. The summed E-state index contributed by atoms with van der Waals surface area (Å²) < 4.78 is 5.47. The van der Waals surface area contributed by atoms with Crippen LogP contribution in [0.25, 0.3) is 0 Å². The molecule has 1 aromatic heterocycles. The summed E-state index contributed by atoms with van der Waals surface area (Å²) in [6.45, 7) is 2.59. The molecule has 0 saturated carbocycles. The summed E-state index contributed by atoms with van der Waals surface area (Å²) in [5, 5.41) is 0. The van der Waals surface area contributed by atoms with Gasteiger partial charge >= 0.3 is 0 Å². The van der Waals surface area contributed by atoms with Crippen molar-refractivity contribution in [1.82, 2.24) is 10.4 Å². The molecule has 4 heteroatoms. The zero-order valence-electron chi connectivity index (χ0n) is 11.8. The number of nitrogens with two attached hydrogens (primary N) is 1. The summed E-state index contributed by atoms with van der Waals surface area (Å²) in [6, 6.07) is 12.5. The van der Waals surface area contributed by atoms with E-state index >= 15 is 0 Å². The molecule has 0 aliphatic heterocycles. The number of nitrogens with zero attached hydrogens (tertiary/aromatic N) is 1. The molecule has 0 spiro atoms. The normalized spacial score (nSPS) is 12.1. The second-order valence-electron chi connectivity index (χ2n) is 4.63. The molecule has 4 nitrogen and oxygen atoms in total. The predicted octanol–water partition coefficient (Wildman–Crippen LogP) is 2.62. The lowest BCUT2D eigenvalue weighted by molar-refractivity contribution is 0.337. The van der Waals surface area contributed by atoms with Gasteiger partial charge in [0.15, 0.2) is 0 Å². The summed E-state index contributed by atoms with van der Waals surface area (Å²) in [5.74, 6) is 6.46. The van der Waals surface area contributed by atoms with E-state index in [1.54, 1.807) is 6.20 Å². The first-order chi connectivity index (χ1) is 9.83. The molecule has 0 fully saturated rings. The van der Waals surface area contributed by atoms with Crippen molar-refractivity contribution in [2.75, 3.05) is 6.61 Å². The van der Waals surface area contributed by atoms with Gasteiger partial charge in [-0.05, 0) is 37.0 Å². The third-order valence-corrected chi connectivity index (χ3v) is 3.21. The lowest BCUT2D eigenvalue weighted by Gasteiger charge is -2.16. The van der Waals surface area contributed by atoms with Gasteiger partial charge in [0.25, 0.3) is 0 Å². The first-order valence-electron chi connectivity index (χ1n) is 6.91. The molecule has 2 aromatic rings. The number of hydrazine groups is 1. The Morgan fingerprint density at radius 2 is 2.05 bits per heavy atom. The van der Waals surface area contributed by atoms with E-state index in [0.29, 0.717) is 6.61 Å². The monoisotopic (exact) mass is 271 g/mol. The molecule has 2 rings (SSSR count).